The summed E-state index contributed by atoms with van der Waals surface area (Å²) in [7, 11) is 0. The summed E-state index contributed by atoms with van der Waals surface area (Å²) >= 11 is 1.99. The molecule has 0 aliphatic carbocycles. The van der Waals surface area contributed by atoms with E-state index in [0.29, 0.717) is 5.92 Å². The Morgan fingerprint density at radius 3 is 3.29 bits per heavy atom. The maximum atomic E-state index is 6.27. The van der Waals surface area contributed by atoms with Crippen LogP contribution in [0, 0.1) is 5.92 Å². The number of nitrogens with two attached hydrogens (primary N) is 1. The molecule has 1 spiro atoms. The first-order valence-electron chi connectivity index (χ1n) is 6.12. The number of aromatic amines is 1. The number of thioether (sulfide) groups is 1. The van der Waals surface area contributed by atoms with Crippen molar-refractivity contribution in [3.05, 3.63) is 12.2 Å². The molecule has 2 aliphatic rings. The second kappa shape index (κ2) is 4.59. The standard InChI is InChI=1S/C11H18N4OS/c12-9(10-13-7-14-15-10)8-1-3-16-11(5-8)2-4-17-6-11/h7-9H,1-6,12H2,(H,13,14,15). The average Bonchev–Trinajstić information content (AvgIpc) is 3.00. The molecule has 94 valence electrons. The van der Waals surface area contributed by atoms with Crippen molar-refractivity contribution < 1.29 is 4.74 Å². The van der Waals surface area contributed by atoms with E-state index in [9.17, 15) is 0 Å². The van der Waals surface area contributed by atoms with Gasteiger partial charge in [0.25, 0.3) is 0 Å². The van der Waals surface area contributed by atoms with Crippen LogP contribution in [0.2, 0.25) is 0 Å². The zero-order chi connectivity index (χ0) is 11.7. The molecule has 0 amide bonds. The number of hydrogen-bond acceptors (Lipinski definition) is 5. The van der Waals surface area contributed by atoms with E-state index in [-0.39, 0.29) is 11.6 Å². The minimum absolute atomic E-state index is 0.0381. The van der Waals surface area contributed by atoms with E-state index in [1.807, 2.05) is 11.8 Å². The molecule has 2 fully saturated rings. The van der Waals surface area contributed by atoms with Crippen molar-refractivity contribution in [2.24, 2.45) is 11.7 Å². The minimum Gasteiger partial charge on any atom is -0.374 e. The highest BCUT2D eigenvalue weighted by Gasteiger charge is 2.42. The molecule has 2 aliphatic heterocycles. The number of H-pyrrole nitrogens is 1. The Morgan fingerprint density at radius 1 is 1.65 bits per heavy atom. The second-order valence-electron chi connectivity index (χ2n) is 4.98. The molecule has 3 heterocycles. The fourth-order valence-electron chi connectivity index (χ4n) is 2.83. The van der Waals surface area contributed by atoms with Crippen LogP contribution in [0.15, 0.2) is 6.33 Å². The Kier molecular flexibility index (Phi) is 3.10. The summed E-state index contributed by atoms with van der Waals surface area (Å²) in [6, 6.07) is -0.0381. The Morgan fingerprint density at radius 2 is 2.59 bits per heavy atom. The van der Waals surface area contributed by atoms with Crippen LogP contribution in [-0.2, 0) is 4.74 Å². The van der Waals surface area contributed by atoms with Crippen molar-refractivity contribution in [2.45, 2.75) is 30.9 Å². The summed E-state index contributed by atoms with van der Waals surface area (Å²) < 4.78 is 6.00. The second-order valence-corrected chi connectivity index (χ2v) is 6.09. The fourth-order valence-corrected chi connectivity index (χ4v) is 4.21. The number of nitrogens with one attached hydrogen (secondary N) is 1. The Labute approximate surface area is 105 Å². The molecule has 1 aromatic rings. The molecule has 0 radical (unpaired) electrons. The highest BCUT2D eigenvalue weighted by molar-refractivity contribution is 7.99. The molecule has 0 aromatic carbocycles. The van der Waals surface area contributed by atoms with E-state index in [0.717, 1.165) is 37.4 Å². The Bertz CT molecular complexity index is 364. The fraction of sp³-hybridized carbons (Fsp3) is 0.818. The van der Waals surface area contributed by atoms with Crippen LogP contribution < -0.4 is 5.73 Å². The molecule has 3 rings (SSSR count). The maximum Gasteiger partial charge on any atom is 0.141 e. The average molecular weight is 254 g/mol. The van der Waals surface area contributed by atoms with Gasteiger partial charge in [0.15, 0.2) is 0 Å². The molecule has 17 heavy (non-hydrogen) atoms. The number of rotatable bonds is 2. The van der Waals surface area contributed by atoms with Crippen LogP contribution in [0.4, 0.5) is 0 Å². The van der Waals surface area contributed by atoms with Crippen molar-refractivity contribution >= 4 is 11.8 Å². The number of hydrogen-bond donors (Lipinski definition) is 2. The topological polar surface area (TPSA) is 76.8 Å². The highest BCUT2D eigenvalue weighted by Crippen LogP contribution is 2.42. The normalized spacial score (nSPS) is 35.2. The van der Waals surface area contributed by atoms with Crippen molar-refractivity contribution in [3.8, 4) is 0 Å². The van der Waals surface area contributed by atoms with Gasteiger partial charge in [0.2, 0.25) is 0 Å². The first kappa shape index (κ1) is 11.5. The maximum absolute atomic E-state index is 6.27. The number of aromatic nitrogens is 3. The minimum atomic E-state index is -0.0381. The van der Waals surface area contributed by atoms with Gasteiger partial charge in [0.1, 0.15) is 12.2 Å². The van der Waals surface area contributed by atoms with Gasteiger partial charge in [-0.1, -0.05) is 0 Å². The lowest BCUT2D eigenvalue weighted by Crippen LogP contribution is -2.43. The molecule has 3 atom stereocenters. The summed E-state index contributed by atoms with van der Waals surface area (Å²) in [5.41, 5.74) is 6.36. The Balaban J connectivity index is 1.71. The van der Waals surface area contributed by atoms with Crippen molar-refractivity contribution in [1.82, 2.24) is 15.2 Å². The molecule has 5 nitrogen and oxygen atoms in total. The van der Waals surface area contributed by atoms with Gasteiger partial charge in [-0.3, -0.25) is 5.10 Å². The quantitative estimate of drug-likeness (QED) is 0.826. The van der Waals surface area contributed by atoms with Gasteiger partial charge in [0, 0.05) is 12.4 Å². The lowest BCUT2D eigenvalue weighted by atomic mass is 9.81. The summed E-state index contributed by atoms with van der Waals surface area (Å²) in [6.07, 6.45) is 4.77. The third-order valence-electron chi connectivity index (χ3n) is 3.86. The molecule has 3 N–H and O–H groups in total. The predicted molar refractivity (Wildman–Crippen MR) is 66.7 cm³/mol. The smallest absolute Gasteiger partial charge is 0.141 e. The predicted octanol–water partition coefficient (Wildman–Crippen LogP) is 1.11. The molecule has 0 bridgehead atoms. The van der Waals surface area contributed by atoms with Crippen LogP contribution in [0.25, 0.3) is 0 Å². The summed E-state index contributed by atoms with van der Waals surface area (Å²) in [4.78, 5) is 4.17. The van der Waals surface area contributed by atoms with Gasteiger partial charge in [-0.2, -0.15) is 16.9 Å². The summed E-state index contributed by atoms with van der Waals surface area (Å²) in [5, 5.41) is 6.76. The zero-order valence-corrected chi connectivity index (χ0v) is 10.6. The molecular formula is C11H18N4OS. The monoisotopic (exact) mass is 254 g/mol. The first-order chi connectivity index (χ1) is 8.29. The summed E-state index contributed by atoms with van der Waals surface area (Å²) in [6.45, 7) is 0.826. The van der Waals surface area contributed by atoms with E-state index in [2.05, 4.69) is 15.2 Å². The summed E-state index contributed by atoms with van der Waals surface area (Å²) in [5.74, 6) is 3.59. The van der Waals surface area contributed by atoms with Gasteiger partial charge in [-0.05, 0) is 30.9 Å². The SMILES string of the molecule is NC(c1ncn[nH]1)C1CCOC2(CCSC2)C1. The van der Waals surface area contributed by atoms with E-state index < -0.39 is 0 Å². The number of nitrogens with zero attached hydrogens (tertiary/aromatic N) is 2. The van der Waals surface area contributed by atoms with Crippen LogP contribution in [0.1, 0.15) is 31.1 Å². The van der Waals surface area contributed by atoms with Crippen molar-refractivity contribution in [1.29, 1.82) is 0 Å². The van der Waals surface area contributed by atoms with E-state index in [4.69, 9.17) is 10.5 Å². The molecule has 1 aromatic heterocycles. The third kappa shape index (κ3) is 2.21. The van der Waals surface area contributed by atoms with Gasteiger partial charge in [-0.15, -0.1) is 0 Å². The zero-order valence-electron chi connectivity index (χ0n) is 9.76. The third-order valence-corrected chi connectivity index (χ3v) is 5.08. The Hall–Kier alpha value is -0.590. The van der Waals surface area contributed by atoms with Crippen LogP contribution >= 0.6 is 11.8 Å². The number of ether oxygens (including phenoxy) is 1. The van der Waals surface area contributed by atoms with Crippen molar-refractivity contribution in [3.63, 3.8) is 0 Å². The van der Waals surface area contributed by atoms with Gasteiger partial charge in [-0.25, -0.2) is 4.98 Å². The molecule has 0 saturated carbocycles. The van der Waals surface area contributed by atoms with Crippen LogP contribution in [-0.4, -0.2) is 38.9 Å². The van der Waals surface area contributed by atoms with Crippen molar-refractivity contribution in [2.75, 3.05) is 18.1 Å². The lowest BCUT2D eigenvalue weighted by Gasteiger charge is -2.39. The molecule has 3 unspecified atom stereocenters. The van der Waals surface area contributed by atoms with Gasteiger partial charge in [0.05, 0.1) is 11.6 Å². The van der Waals surface area contributed by atoms with Crippen LogP contribution in [0.3, 0.4) is 0 Å². The van der Waals surface area contributed by atoms with E-state index >= 15 is 0 Å². The first-order valence-corrected chi connectivity index (χ1v) is 7.27. The molecular weight excluding hydrogens is 236 g/mol. The van der Waals surface area contributed by atoms with Gasteiger partial charge < -0.3 is 10.5 Å². The highest BCUT2D eigenvalue weighted by atomic mass is 32.2. The lowest BCUT2D eigenvalue weighted by molar-refractivity contribution is -0.0837. The van der Waals surface area contributed by atoms with Crippen LogP contribution in [0.5, 0.6) is 0 Å². The van der Waals surface area contributed by atoms with E-state index in [1.165, 1.54) is 12.1 Å². The molecule has 2 saturated heterocycles. The largest absolute Gasteiger partial charge is 0.374 e. The van der Waals surface area contributed by atoms with E-state index in [1.54, 1.807) is 0 Å². The molecule has 6 heteroatoms. The van der Waals surface area contributed by atoms with Gasteiger partial charge >= 0.3 is 0 Å².